The molecule has 0 fully saturated rings. The molecule has 6 nitrogen and oxygen atoms in total. The minimum absolute atomic E-state index is 0.0765. The van der Waals surface area contributed by atoms with Crippen molar-refractivity contribution in [3.05, 3.63) is 128 Å². The van der Waals surface area contributed by atoms with Gasteiger partial charge < -0.3 is 9.88 Å². The van der Waals surface area contributed by atoms with Crippen molar-refractivity contribution in [2.45, 2.75) is 46.0 Å². The molecule has 2 aromatic heterocycles. The van der Waals surface area contributed by atoms with Crippen LogP contribution in [0.3, 0.4) is 0 Å². The van der Waals surface area contributed by atoms with E-state index < -0.39 is 29.0 Å². The molecule has 0 radical (unpaired) electrons. The Kier molecular flexibility index (Phi) is 8.81. The summed E-state index contributed by atoms with van der Waals surface area (Å²) in [5.74, 6) is -1.26. The molecule has 0 atom stereocenters. The van der Waals surface area contributed by atoms with Crippen molar-refractivity contribution in [1.82, 2.24) is 19.9 Å². The number of alkyl halides is 3. The first-order chi connectivity index (χ1) is 20.8. The lowest BCUT2D eigenvalue weighted by molar-refractivity contribution is -0.137. The summed E-state index contributed by atoms with van der Waals surface area (Å²) < 4.78 is 43.9. The second-order valence-corrected chi connectivity index (χ2v) is 11.5. The standard InChI is InChI=1S/C33H27Cl2F3N4O2/c1-18(2)30-40-19(3)26-27(29(43)24-6-4-5-7-25(24)33(36,37)38)28(32(44)39-16-20-8-12-22(34)13-9-20)42(31(26)41-30)17-21-10-14-23(35)15-11-21/h4-15,18H,16-17H2,1-3H3,(H,39,44). The van der Waals surface area contributed by atoms with Crippen molar-refractivity contribution >= 4 is 45.9 Å². The van der Waals surface area contributed by atoms with Crippen molar-refractivity contribution in [2.75, 3.05) is 0 Å². The Bertz CT molecular complexity index is 1870. The van der Waals surface area contributed by atoms with Crippen molar-refractivity contribution in [3.8, 4) is 0 Å². The van der Waals surface area contributed by atoms with Crippen LogP contribution >= 0.6 is 23.2 Å². The number of nitrogens with one attached hydrogen (secondary N) is 1. The fourth-order valence-electron chi connectivity index (χ4n) is 5.00. The number of halogens is 5. The van der Waals surface area contributed by atoms with E-state index in [1.165, 1.54) is 12.1 Å². The number of aryl methyl sites for hydroxylation is 1. The second kappa shape index (κ2) is 12.4. The van der Waals surface area contributed by atoms with Gasteiger partial charge in [-0.3, -0.25) is 9.59 Å². The average Bonchev–Trinajstić information content (AvgIpc) is 3.31. The lowest BCUT2D eigenvalue weighted by atomic mass is 9.95. The largest absolute Gasteiger partial charge is 0.417 e. The molecule has 0 aliphatic heterocycles. The number of ketones is 1. The van der Waals surface area contributed by atoms with Crippen LogP contribution in [0.25, 0.3) is 11.0 Å². The fourth-order valence-corrected chi connectivity index (χ4v) is 5.25. The number of benzene rings is 3. The van der Waals surface area contributed by atoms with Crippen LogP contribution in [0.15, 0.2) is 72.8 Å². The maximum Gasteiger partial charge on any atom is 0.417 e. The lowest BCUT2D eigenvalue weighted by Crippen LogP contribution is -2.28. The summed E-state index contributed by atoms with van der Waals surface area (Å²) >= 11 is 12.1. The molecular formula is C33H27Cl2F3N4O2. The maximum absolute atomic E-state index is 14.3. The maximum atomic E-state index is 14.3. The van der Waals surface area contributed by atoms with Gasteiger partial charge in [-0.1, -0.05) is 79.5 Å². The molecule has 1 N–H and O–H groups in total. The van der Waals surface area contributed by atoms with Crippen LogP contribution < -0.4 is 5.32 Å². The molecule has 11 heteroatoms. The highest BCUT2D eigenvalue weighted by Gasteiger charge is 2.38. The van der Waals surface area contributed by atoms with Crippen molar-refractivity contribution in [2.24, 2.45) is 0 Å². The second-order valence-electron chi connectivity index (χ2n) is 10.6. The molecule has 226 valence electrons. The van der Waals surface area contributed by atoms with Gasteiger partial charge in [0.15, 0.2) is 5.78 Å². The first kappa shape index (κ1) is 31.2. The van der Waals surface area contributed by atoms with Crippen molar-refractivity contribution in [3.63, 3.8) is 0 Å². The summed E-state index contributed by atoms with van der Waals surface area (Å²) in [4.78, 5) is 37.7. The van der Waals surface area contributed by atoms with Crippen LogP contribution in [-0.2, 0) is 19.3 Å². The summed E-state index contributed by atoms with van der Waals surface area (Å²) in [7, 11) is 0. The molecule has 5 rings (SSSR count). The van der Waals surface area contributed by atoms with E-state index in [1.54, 1.807) is 60.0 Å². The Labute approximate surface area is 261 Å². The zero-order valence-corrected chi connectivity index (χ0v) is 25.5. The van der Waals surface area contributed by atoms with E-state index in [2.05, 4.69) is 10.3 Å². The molecule has 2 heterocycles. The SMILES string of the molecule is Cc1nc(C(C)C)nc2c1c(C(=O)c1ccccc1C(F)(F)F)c(C(=O)NCc1ccc(Cl)cc1)n2Cc1ccc(Cl)cc1. The minimum Gasteiger partial charge on any atom is -0.347 e. The van der Waals surface area contributed by atoms with Gasteiger partial charge in [-0.05, 0) is 48.4 Å². The van der Waals surface area contributed by atoms with Gasteiger partial charge in [0.2, 0.25) is 0 Å². The Balaban J connectivity index is 1.78. The summed E-state index contributed by atoms with van der Waals surface area (Å²) in [5, 5.41) is 4.07. The normalized spacial score (nSPS) is 11.8. The van der Waals surface area contributed by atoms with Crippen LogP contribution in [0.1, 0.15) is 74.4 Å². The Hall–Kier alpha value is -4.21. The molecule has 0 spiro atoms. The predicted molar refractivity (Wildman–Crippen MR) is 164 cm³/mol. The Morgan fingerprint density at radius 3 is 2.07 bits per heavy atom. The van der Waals surface area contributed by atoms with E-state index >= 15 is 0 Å². The number of hydrogen-bond donors (Lipinski definition) is 1. The monoisotopic (exact) mass is 638 g/mol. The topological polar surface area (TPSA) is 76.9 Å². The molecule has 5 aromatic rings. The summed E-state index contributed by atoms with van der Waals surface area (Å²) in [5.41, 5.74) is 0.0924. The number of aromatic nitrogens is 3. The first-order valence-corrected chi connectivity index (χ1v) is 14.5. The Morgan fingerprint density at radius 2 is 1.48 bits per heavy atom. The summed E-state index contributed by atoms with van der Waals surface area (Å²) in [6.07, 6.45) is -4.80. The number of nitrogens with zero attached hydrogens (tertiary/aromatic N) is 3. The third-order valence-corrected chi connectivity index (χ3v) is 7.66. The highest BCUT2D eigenvalue weighted by atomic mass is 35.5. The number of carbonyl (C=O) groups excluding carboxylic acids is 2. The number of rotatable bonds is 8. The number of amides is 1. The quantitative estimate of drug-likeness (QED) is 0.173. The van der Waals surface area contributed by atoms with Gasteiger partial charge in [0, 0.05) is 34.6 Å². The van der Waals surface area contributed by atoms with E-state index in [0.29, 0.717) is 21.6 Å². The lowest BCUT2D eigenvalue weighted by Gasteiger charge is -2.14. The predicted octanol–water partition coefficient (Wildman–Crippen LogP) is 8.40. The van der Waals surface area contributed by atoms with Gasteiger partial charge in [0.1, 0.15) is 17.2 Å². The molecular weight excluding hydrogens is 612 g/mol. The first-order valence-electron chi connectivity index (χ1n) is 13.7. The number of fused-ring (bicyclic) bond motifs is 1. The molecule has 1 amide bonds. The van der Waals surface area contributed by atoms with Gasteiger partial charge in [0.25, 0.3) is 5.91 Å². The Morgan fingerprint density at radius 1 is 0.886 bits per heavy atom. The summed E-state index contributed by atoms with van der Waals surface area (Å²) in [6, 6.07) is 18.3. The minimum atomic E-state index is -4.80. The number of carbonyl (C=O) groups is 2. The average molecular weight is 640 g/mol. The van der Waals surface area contributed by atoms with Crippen molar-refractivity contribution in [1.29, 1.82) is 0 Å². The molecule has 3 aromatic carbocycles. The van der Waals surface area contributed by atoms with E-state index in [1.807, 2.05) is 13.8 Å². The molecule has 0 unspecified atom stereocenters. The molecule has 0 aliphatic carbocycles. The van der Waals surface area contributed by atoms with Crippen molar-refractivity contribution < 1.29 is 22.8 Å². The van der Waals surface area contributed by atoms with E-state index in [9.17, 15) is 22.8 Å². The van der Waals surface area contributed by atoms with E-state index in [-0.39, 0.29) is 41.3 Å². The fraction of sp³-hybridized carbons (Fsp3) is 0.212. The van der Waals surface area contributed by atoms with Crippen LogP contribution in [0.4, 0.5) is 13.2 Å². The third-order valence-electron chi connectivity index (χ3n) is 7.16. The van der Waals surface area contributed by atoms with Gasteiger partial charge in [0.05, 0.1) is 22.2 Å². The molecule has 0 saturated carbocycles. The molecule has 0 bridgehead atoms. The third kappa shape index (κ3) is 6.34. The van der Waals surface area contributed by atoms with Crippen LogP contribution in [0, 0.1) is 6.92 Å². The molecule has 44 heavy (non-hydrogen) atoms. The zero-order valence-electron chi connectivity index (χ0n) is 24.0. The van der Waals surface area contributed by atoms with E-state index in [0.717, 1.165) is 23.3 Å². The van der Waals surface area contributed by atoms with E-state index in [4.69, 9.17) is 28.2 Å². The van der Waals surface area contributed by atoms with Gasteiger partial charge in [-0.2, -0.15) is 13.2 Å². The highest BCUT2D eigenvalue weighted by Crippen LogP contribution is 2.36. The molecule has 0 aliphatic rings. The summed E-state index contributed by atoms with van der Waals surface area (Å²) in [6.45, 7) is 5.62. The van der Waals surface area contributed by atoms with Crippen LogP contribution in [0.2, 0.25) is 10.0 Å². The van der Waals surface area contributed by atoms with Crippen LogP contribution in [0.5, 0.6) is 0 Å². The van der Waals surface area contributed by atoms with Gasteiger partial charge >= 0.3 is 6.18 Å². The van der Waals surface area contributed by atoms with Crippen LogP contribution in [-0.4, -0.2) is 26.2 Å². The zero-order chi connectivity index (χ0) is 31.8. The molecule has 0 saturated heterocycles. The van der Waals surface area contributed by atoms with Gasteiger partial charge in [-0.25, -0.2) is 9.97 Å². The van der Waals surface area contributed by atoms with Gasteiger partial charge in [-0.15, -0.1) is 0 Å². The number of hydrogen-bond acceptors (Lipinski definition) is 4. The smallest absolute Gasteiger partial charge is 0.347 e. The highest BCUT2D eigenvalue weighted by molar-refractivity contribution is 6.30.